The number of hydrogen-bond donors (Lipinski definition) is 0. The van der Waals surface area contributed by atoms with Crippen molar-refractivity contribution >= 4 is 23.0 Å². The van der Waals surface area contributed by atoms with Crippen molar-refractivity contribution in [2.24, 2.45) is 0 Å². The molecule has 2 aromatic rings. The van der Waals surface area contributed by atoms with Gasteiger partial charge in [-0.05, 0) is 30.3 Å². The average Bonchev–Trinajstić information content (AvgIpc) is 3.05. The molecule has 2 heterocycles. The molecule has 2 aliphatic heterocycles. The van der Waals surface area contributed by atoms with Gasteiger partial charge in [0, 0.05) is 19.3 Å². The zero-order valence-electron chi connectivity index (χ0n) is 13.5. The van der Waals surface area contributed by atoms with Gasteiger partial charge in [0.05, 0.1) is 23.6 Å². The van der Waals surface area contributed by atoms with Gasteiger partial charge in [-0.1, -0.05) is 18.2 Å². The van der Waals surface area contributed by atoms with Crippen LogP contribution in [0.1, 0.15) is 5.56 Å². The summed E-state index contributed by atoms with van der Waals surface area (Å²) in [7, 11) is 1.61. The monoisotopic (exact) mass is 347 g/mol. The molecule has 0 aromatic heterocycles. The Morgan fingerprint density at radius 3 is 2.44 bits per heavy atom. The van der Waals surface area contributed by atoms with E-state index in [4.69, 9.17) is 0 Å². The lowest BCUT2D eigenvalue weighted by atomic mass is 10.1. The fourth-order valence-corrected chi connectivity index (χ4v) is 3.48. The second-order valence-corrected chi connectivity index (χ2v) is 6.28. The smallest absolute Gasteiger partial charge is 0.351 e. The number of benzene rings is 2. The van der Waals surface area contributed by atoms with Crippen LogP contribution in [0.15, 0.2) is 48.5 Å². The van der Waals surface area contributed by atoms with Crippen molar-refractivity contribution in [2.45, 2.75) is 12.2 Å². The Morgan fingerprint density at radius 1 is 1.04 bits per heavy atom. The zero-order valence-corrected chi connectivity index (χ0v) is 13.5. The summed E-state index contributed by atoms with van der Waals surface area (Å²) in [6, 6.07) is 12.6. The van der Waals surface area contributed by atoms with E-state index >= 15 is 0 Å². The van der Waals surface area contributed by atoms with Gasteiger partial charge < -0.3 is 14.7 Å². The van der Waals surface area contributed by atoms with Crippen molar-refractivity contribution in [3.05, 3.63) is 54.1 Å². The summed E-state index contributed by atoms with van der Waals surface area (Å²) in [6.45, 7) is 0.825. The number of anilines is 3. The molecule has 4 nitrogen and oxygen atoms in total. The maximum Gasteiger partial charge on any atom is 0.416 e. The number of alkyl halides is 3. The van der Waals surface area contributed by atoms with Gasteiger partial charge in [0.1, 0.15) is 6.04 Å². The van der Waals surface area contributed by atoms with Crippen LogP contribution in [-0.4, -0.2) is 32.2 Å². The first-order valence-corrected chi connectivity index (χ1v) is 7.92. The van der Waals surface area contributed by atoms with Crippen molar-refractivity contribution in [1.82, 2.24) is 0 Å². The third kappa shape index (κ3) is 2.50. The summed E-state index contributed by atoms with van der Waals surface area (Å²) in [5, 5.41) is 0. The number of para-hydroxylation sites is 1. The molecule has 2 aliphatic rings. The van der Waals surface area contributed by atoms with Gasteiger partial charge in [-0.3, -0.25) is 4.79 Å². The summed E-state index contributed by atoms with van der Waals surface area (Å²) >= 11 is 0. The molecule has 25 heavy (non-hydrogen) atoms. The highest BCUT2D eigenvalue weighted by Crippen LogP contribution is 2.42. The summed E-state index contributed by atoms with van der Waals surface area (Å²) in [4.78, 5) is 17.9. The number of amides is 1. The fourth-order valence-electron chi connectivity index (χ4n) is 3.48. The van der Waals surface area contributed by atoms with Gasteiger partial charge in [0.2, 0.25) is 0 Å². The molecule has 0 N–H and O–H groups in total. The Hall–Kier alpha value is -2.70. The molecular weight excluding hydrogens is 331 g/mol. The van der Waals surface area contributed by atoms with E-state index in [-0.39, 0.29) is 5.91 Å². The number of fused-ring (bicyclic) bond motifs is 3. The Bertz CT molecular complexity index is 822. The molecule has 4 rings (SSSR count). The maximum atomic E-state index is 13.1. The number of carbonyl (C=O) groups excluding carboxylic acids is 1. The standard InChI is InChI=1S/C18H16F3N3O/c1-22-14-8-7-12(18(19,20)21)9-15(14)24-11-23(10-16(24)17(22)25)13-5-3-2-4-6-13/h2-9,16H,10-11H2,1H3/t16-/m0/s1. The molecule has 0 saturated carbocycles. The lowest BCUT2D eigenvalue weighted by molar-refractivity contribution is -0.137. The van der Waals surface area contributed by atoms with Crippen LogP contribution in [0.3, 0.4) is 0 Å². The van der Waals surface area contributed by atoms with Gasteiger partial charge in [-0.25, -0.2) is 0 Å². The molecular formula is C18H16F3N3O. The Kier molecular flexibility index (Phi) is 3.42. The van der Waals surface area contributed by atoms with E-state index < -0.39 is 17.8 Å². The van der Waals surface area contributed by atoms with Crippen LogP contribution >= 0.6 is 0 Å². The lowest BCUT2D eigenvalue weighted by Crippen LogP contribution is -2.50. The molecule has 2 aromatic carbocycles. The van der Waals surface area contributed by atoms with Gasteiger partial charge in [0.25, 0.3) is 5.91 Å². The SMILES string of the molecule is CN1C(=O)[C@@H]2CN(c3ccccc3)CN2c2cc(C(F)(F)F)ccc21. The number of rotatable bonds is 1. The number of hydrogen-bond acceptors (Lipinski definition) is 3. The first kappa shape index (κ1) is 15.8. The maximum absolute atomic E-state index is 13.1. The Balaban J connectivity index is 1.76. The zero-order chi connectivity index (χ0) is 17.8. The van der Waals surface area contributed by atoms with E-state index in [1.165, 1.54) is 11.0 Å². The van der Waals surface area contributed by atoms with Crippen molar-refractivity contribution in [3.63, 3.8) is 0 Å². The highest BCUT2D eigenvalue weighted by Gasteiger charge is 2.43. The number of nitrogens with zero attached hydrogens (tertiary/aromatic N) is 3. The van der Waals surface area contributed by atoms with E-state index in [1.807, 2.05) is 35.2 Å². The molecule has 1 saturated heterocycles. The quantitative estimate of drug-likeness (QED) is 0.792. The molecule has 0 radical (unpaired) electrons. The molecule has 0 aliphatic carbocycles. The third-order valence-electron chi connectivity index (χ3n) is 4.80. The van der Waals surface area contributed by atoms with Crippen LogP contribution in [0.2, 0.25) is 0 Å². The molecule has 130 valence electrons. The van der Waals surface area contributed by atoms with Gasteiger partial charge in [-0.15, -0.1) is 0 Å². The predicted octanol–water partition coefficient (Wildman–Crippen LogP) is 3.33. The van der Waals surface area contributed by atoms with Crippen LogP contribution in [-0.2, 0) is 11.0 Å². The van der Waals surface area contributed by atoms with Gasteiger partial charge >= 0.3 is 6.18 Å². The first-order valence-electron chi connectivity index (χ1n) is 7.92. The predicted molar refractivity (Wildman–Crippen MR) is 89.8 cm³/mol. The van der Waals surface area contributed by atoms with E-state index in [0.29, 0.717) is 24.6 Å². The second-order valence-electron chi connectivity index (χ2n) is 6.28. The third-order valence-corrected chi connectivity index (χ3v) is 4.80. The van der Waals surface area contributed by atoms with Crippen molar-refractivity contribution in [2.75, 3.05) is 35.0 Å². The van der Waals surface area contributed by atoms with Gasteiger partial charge in [0.15, 0.2) is 0 Å². The average molecular weight is 347 g/mol. The summed E-state index contributed by atoms with van der Waals surface area (Å²) in [5.41, 5.74) is 1.19. The number of carbonyl (C=O) groups is 1. The van der Waals surface area contributed by atoms with Gasteiger partial charge in [-0.2, -0.15) is 13.2 Å². The first-order chi connectivity index (χ1) is 11.9. The Labute approximate surface area is 143 Å². The van der Waals surface area contributed by atoms with Crippen molar-refractivity contribution < 1.29 is 18.0 Å². The number of likely N-dealkylation sites (N-methyl/N-ethyl adjacent to an activating group) is 1. The largest absolute Gasteiger partial charge is 0.416 e. The summed E-state index contributed by atoms with van der Waals surface area (Å²) < 4.78 is 39.3. The number of halogens is 3. The molecule has 1 fully saturated rings. The van der Waals surface area contributed by atoms with Crippen LogP contribution in [0, 0.1) is 0 Å². The van der Waals surface area contributed by atoms with E-state index in [2.05, 4.69) is 0 Å². The molecule has 0 bridgehead atoms. The molecule has 0 spiro atoms. The minimum Gasteiger partial charge on any atom is -0.351 e. The molecule has 1 amide bonds. The minimum atomic E-state index is -4.41. The molecule has 1 atom stereocenters. The van der Waals surface area contributed by atoms with Crippen LogP contribution < -0.4 is 14.7 Å². The van der Waals surface area contributed by atoms with E-state index in [9.17, 15) is 18.0 Å². The summed E-state index contributed by atoms with van der Waals surface area (Å²) in [6.07, 6.45) is -4.41. The van der Waals surface area contributed by atoms with E-state index in [1.54, 1.807) is 11.9 Å². The summed E-state index contributed by atoms with van der Waals surface area (Å²) in [5.74, 6) is -0.106. The highest BCUT2D eigenvalue weighted by atomic mass is 19.4. The van der Waals surface area contributed by atoms with Crippen molar-refractivity contribution in [3.8, 4) is 0 Å². The lowest BCUT2D eigenvalue weighted by Gasteiger charge is -2.37. The minimum absolute atomic E-state index is 0.106. The highest BCUT2D eigenvalue weighted by molar-refractivity contribution is 6.06. The fraction of sp³-hybridized carbons (Fsp3) is 0.278. The Morgan fingerprint density at radius 2 is 1.76 bits per heavy atom. The second kappa shape index (κ2) is 5.40. The topological polar surface area (TPSA) is 26.8 Å². The molecule has 7 heteroatoms. The van der Waals surface area contributed by atoms with Crippen LogP contribution in [0.25, 0.3) is 0 Å². The van der Waals surface area contributed by atoms with Crippen molar-refractivity contribution in [1.29, 1.82) is 0 Å². The van der Waals surface area contributed by atoms with E-state index in [0.717, 1.165) is 17.8 Å². The van der Waals surface area contributed by atoms with Crippen LogP contribution in [0.4, 0.5) is 30.2 Å². The molecule has 0 unspecified atom stereocenters. The normalized spacial score (nSPS) is 19.9. The van der Waals surface area contributed by atoms with Crippen LogP contribution in [0.5, 0.6) is 0 Å².